The SMILES string of the molecule is CC(C)Oc1nc(N2CCCC(C)C2C)ccc1N. The maximum Gasteiger partial charge on any atom is 0.239 e. The van der Waals surface area contributed by atoms with Gasteiger partial charge in [0.25, 0.3) is 0 Å². The van der Waals surface area contributed by atoms with E-state index in [9.17, 15) is 0 Å². The van der Waals surface area contributed by atoms with Crippen LogP contribution in [-0.2, 0) is 0 Å². The van der Waals surface area contributed by atoms with Gasteiger partial charge < -0.3 is 15.4 Å². The molecule has 1 saturated heterocycles. The van der Waals surface area contributed by atoms with Crippen LogP contribution in [0, 0.1) is 5.92 Å². The number of nitrogens with two attached hydrogens (primary N) is 1. The summed E-state index contributed by atoms with van der Waals surface area (Å²) in [6.45, 7) is 9.60. The average Bonchev–Trinajstić information content (AvgIpc) is 2.35. The standard InChI is InChI=1S/C15H25N3O/c1-10(2)19-15-13(16)7-8-14(17-15)18-9-5-6-11(3)12(18)4/h7-8,10-12H,5-6,9,16H2,1-4H3. The molecule has 0 saturated carbocycles. The van der Waals surface area contributed by atoms with Gasteiger partial charge in [-0.3, -0.25) is 0 Å². The minimum Gasteiger partial charge on any atom is -0.473 e. The van der Waals surface area contributed by atoms with Gasteiger partial charge in [-0.05, 0) is 51.7 Å². The smallest absolute Gasteiger partial charge is 0.239 e. The Bertz CT molecular complexity index is 433. The van der Waals surface area contributed by atoms with Crippen molar-refractivity contribution >= 4 is 11.5 Å². The van der Waals surface area contributed by atoms with Crippen molar-refractivity contribution in [2.75, 3.05) is 17.2 Å². The molecule has 1 fully saturated rings. The summed E-state index contributed by atoms with van der Waals surface area (Å²) in [5.74, 6) is 2.23. The summed E-state index contributed by atoms with van der Waals surface area (Å²) in [5.41, 5.74) is 6.53. The Morgan fingerprint density at radius 3 is 2.79 bits per heavy atom. The molecule has 1 aromatic heterocycles. The van der Waals surface area contributed by atoms with Crippen molar-refractivity contribution in [2.24, 2.45) is 5.92 Å². The minimum atomic E-state index is 0.0859. The maximum absolute atomic E-state index is 5.92. The van der Waals surface area contributed by atoms with Gasteiger partial charge in [0, 0.05) is 12.6 Å². The molecule has 4 nitrogen and oxygen atoms in total. The van der Waals surface area contributed by atoms with Crippen LogP contribution < -0.4 is 15.4 Å². The van der Waals surface area contributed by atoms with Crippen molar-refractivity contribution in [3.05, 3.63) is 12.1 Å². The van der Waals surface area contributed by atoms with E-state index in [-0.39, 0.29) is 6.10 Å². The molecular weight excluding hydrogens is 238 g/mol. The van der Waals surface area contributed by atoms with Gasteiger partial charge in [-0.15, -0.1) is 0 Å². The molecule has 2 rings (SSSR count). The van der Waals surface area contributed by atoms with E-state index in [0.29, 0.717) is 23.5 Å². The number of hydrogen-bond acceptors (Lipinski definition) is 4. The van der Waals surface area contributed by atoms with E-state index < -0.39 is 0 Å². The van der Waals surface area contributed by atoms with Gasteiger partial charge in [-0.25, -0.2) is 0 Å². The van der Waals surface area contributed by atoms with Gasteiger partial charge in [0.15, 0.2) is 0 Å². The van der Waals surface area contributed by atoms with Crippen LogP contribution in [0.3, 0.4) is 0 Å². The van der Waals surface area contributed by atoms with Crippen LogP contribution in [-0.4, -0.2) is 23.7 Å². The Morgan fingerprint density at radius 1 is 1.37 bits per heavy atom. The van der Waals surface area contributed by atoms with Gasteiger partial charge in [0.05, 0.1) is 11.8 Å². The Hall–Kier alpha value is -1.45. The third-order valence-electron chi connectivity index (χ3n) is 3.89. The van der Waals surface area contributed by atoms with E-state index in [1.807, 2.05) is 26.0 Å². The zero-order valence-corrected chi connectivity index (χ0v) is 12.4. The highest BCUT2D eigenvalue weighted by molar-refractivity contribution is 5.55. The van der Waals surface area contributed by atoms with Crippen LogP contribution in [0.15, 0.2) is 12.1 Å². The first-order chi connectivity index (χ1) is 8.99. The highest BCUT2D eigenvalue weighted by Gasteiger charge is 2.26. The van der Waals surface area contributed by atoms with Crippen molar-refractivity contribution in [3.8, 4) is 5.88 Å². The van der Waals surface area contributed by atoms with Gasteiger partial charge in [-0.2, -0.15) is 4.98 Å². The van der Waals surface area contributed by atoms with E-state index >= 15 is 0 Å². The number of nitrogens with zero attached hydrogens (tertiary/aromatic N) is 2. The fourth-order valence-electron chi connectivity index (χ4n) is 2.58. The minimum absolute atomic E-state index is 0.0859. The second kappa shape index (κ2) is 5.68. The molecule has 4 heteroatoms. The average molecular weight is 263 g/mol. The molecule has 2 N–H and O–H groups in total. The normalized spacial score (nSPS) is 23.7. The maximum atomic E-state index is 5.92. The van der Waals surface area contributed by atoms with E-state index in [4.69, 9.17) is 10.5 Å². The highest BCUT2D eigenvalue weighted by Crippen LogP contribution is 2.30. The number of nitrogen functional groups attached to an aromatic ring is 1. The Kier molecular flexibility index (Phi) is 4.17. The van der Waals surface area contributed by atoms with E-state index in [1.165, 1.54) is 12.8 Å². The highest BCUT2D eigenvalue weighted by atomic mass is 16.5. The predicted octanol–water partition coefficient (Wildman–Crippen LogP) is 3.08. The molecule has 0 bridgehead atoms. The van der Waals surface area contributed by atoms with E-state index in [2.05, 4.69) is 23.7 Å². The lowest BCUT2D eigenvalue weighted by Gasteiger charge is -2.39. The predicted molar refractivity (Wildman–Crippen MR) is 79.6 cm³/mol. The summed E-state index contributed by atoms with van der Waals surface area (Å²) in [6, 6.07) is 4.40. The van der Waals surface area contributed by atoms with E-state index in [0.717, 1.165) is 12.4 Å². The second-order valence-electron chi connectivity index (χ2n) is 5.78. The molecule has 19 heavy (non-hydrogen) atoms. The van der Waals surface area contributed by atoms with Crippen LogP contribution in [0.2, 0.25) is 0 Å². The van der Waals surface area contributed by atoms with Gasteiger partial charge in [-0.1, -0.05) is 6.92 Å². The summed E-state index contributed by atoms with van der Waals surface area (Å²) >= 11 is 0. The molecule has 0 aliphatic carbocycles. The lowest BCUT2D eigenvalue weighted by molar-refractivity contribution is 0.234. The summed E-state index contributed by atoms with van der Waals surface area (Å²) in [5, 5.41) is 0. The van der Waals surface area contributed by atoms with Crippen LogP contribution in [0.1, 0.15) is 40.5 Å². The summed E-state index contributed by atoms with van der Waals surface area (Å²) in [7, 11) is 0. The van der Waals surface area contributed by atoms with E-state index in [1.54, 1.807) is 0 Å². The number of anilines is 2. The Balaban J connectivity index is 2.24. The first-order valence-corrected chi connectivity index (χ1v) is 7.19. The molecule has 2 atom stereocenters. The van der Waals surface area contributed by atoms with Crippen LogP contribution in [0.5, 0.6) is 5.88 Å². The molecule has 0 amide bonds. The molecule has 2 heterocycles. The third-order valence-corrected chi connectivity index (χ3v) is 3.89. The molecular formula is C15H25N3O. The number of piperidine rings is 1. The molecule has 0 aromatic carbocycles. The number of ether oxygens (including phenoxy) is 1. The largest absolute Gasteiger partial charge is 0.473 e. The zero-order chi connectivity index (χ0) is 14.0. The topological polar surface area (TPSA) is 51.4 Å². The monoisotopic (exact) mass is 263 g/mol. The van der Waals surface area contributed by atoms with Crippen molar-refractivity contribution in [3.63, 3.8) is 0 Å². The molecule has 0 spiro atoms. The molecule has 2 unspecified atom stereocenters. The molecule has 106 valence electrons. The van der Waals surface area contributed by atoms with Crippen LogP contribution in [0.4, 0.5) is 11.5 Å². The number of hydrogen-bond donors (Lipinski definition) is 1. The lowest BCUT2D eigenvalue weighted by atomic mass is 9.92. The Morgan fingerprint density at radius 2 is 2.11 bits per heavy atom. The summed E-state index contributed by atoms with van der Waals surface area (Å²) in [6.07, 6.45) is 2.60. The van der Waals surface area contributed by atoms with Crippen molar-refractivity contribution in [1.82, 2.24) is 4.98 Å². The molecule has 1 aliphatic rings. The first-order valence-electron chi connectivity index (χ1n) is 7.19. The molecule has 1 aromatic rings. The molecule has 1 aliphatic heterocycles. The second-order valence-corrected chi connectivity index (χ2v) is 5.78. The van der Waals surface area contributed by atoms with Gasteiger partial charge >= 0.3 is 0 Å². The summed E-state index contributed by atoms with van der Waals surface area (Å²) < 4.78 is 5.68. The lowest BCUT2D eigenvalue weighted by Crippen LogP contribution is -2.42. The van der Waals surface area contributed by atoms with Crippen molar-refractivity contribution in [2.45, 2.75) is 52.7 Å². The number of aromatic nitrogens is 1. The fourth-order valence-corrected chi connectivity index (χ4v) is 2.58. The van der Waals surface area contributed by atoms with Crippen molar-refractivity contribution in [1.29, 1.82) is 0 Å². The van der Waals surface area contributed by atoms with Gasteiger partial charge in [0.2, 0.25) is 5.88 Å². The number of pyridine rings is 1. The first kappa shape index (κ1) is 14.0. The summed E-state index contributed by atoms with van der Waals surface area (Å²) in [4.78, 5) is 6.96. The van der Waals surface area contributed by atoms with Crippen LogP contribution >= 0.6 is 0 Å². The molecule has 0 radical (unpaired) electrons. The quantitative estimate of drug-likeness (QED) is 0.910. The zero-order valence-electron chi connectivity index (χ0n) is 12.4. The fraction of sp³-hybridized carbons (Fsp3) is 0.667. The van der Waals surface area contributed by atoms with Gasteiger partial charge in [0.1, 0.15) is 5.82 Å². The van der Waals surface area contributed by atoms with Crippen LogP contribution in [0.25, 0.3) is 0 Å². The number of rotatable bonds is 3. The third kappa shape index (κ3) is 3.11. The van der Waals surface area contributed by atoms with Crippen molar-refractivity contribution < 1.29 is 4.74 Å². The Labute approximate surface area is 116 Å².